The third-order valence-corrected chi connectivity index (χ3v) is 2.76. The zero-order chi connectivity index (χ0) is 9.80. The van der Waals surface area contributed by atoms with E-state index in [0.29, 0.717) is 12.2 Å². The zero-order valence-electron chi connectivity index (χ0n) is 8.72. The van der Waals surface area contributed by atoms with Crippen molar-refractivity contribution in [1.29, 1.82) is 0 Å². The number of allylic oxidation sites excluding steroid dienone is 2. The smallest absolute Gasteiger partial charge is 0.0964 e. The summed E-state index contributed by atoms with van der Waals surface area (Å²) in [6.45, 7) is 4.39. The van der Waals surface area contributed by atoms with Gasteiger partial charge in [-0.2, -0.15) is 0 Å². The number of rotatable bonds is 2. The summed E-state index contributed by atoms with van der Waals surface area (Å²) in [5.41, 5.74) is 1.32. The first-order valence-corrected chi connectivity index (χ1v) is 5.42. The Morgan fingerprint density at radius 2 is 2.43 bits per heavy atom. The van der Waals surface area contributed by atoms with E-state index in [9.17, 15) is 0 Å². The van der Waals surface area contributed by atoms with Gasteiger partial charge in [0.1, 0.15) is 0 Å². The molecule has 1 unspecified atom stereocenters. The lowest BCUT2D eigenvalue weighted by Crippen LogP contribution is -2.51. The standard InChI is InChI=1S/C11H19N3/c1-9-4-6-13-11(7-9)14-10-3-2-5-12-8-10/h4,6-7,10-14H,2-3,5,8H2,1H3/t10-,11?/m1/s1. The van der Waals surface area contributed by atoms with E-state index >= 15 is 0 Å². The van der Waals surface area contributed by atoms with Crippen LogP contribution in [-0.2, 0) is 0 Å². The molecule has 2 aliphatic heterocycles. The highest BCUT2D eigenvalue weighted by atomic mass is 15.1. The largest absolute Gasteiger partial charge is 0.372 e. The van der Waals surface area contributed by atoms with Gasteiger partial charge in [-0.05, 0) is 44.7 Å². The monoisotopic (exact) mass is 193 g/mol. The van der Waals surface area contributed by atoms with Gasteiger partial charge in [0.05, 0.1) is 6.17 Å². The second-order valence-electron chi connectivity index (χ2n) is 4.10. The van der Waals surface area contributed by atoms with Crippen LogP contribution in [0.5, 0.6) is 0 Å². The zero-order valence-corrected chi connectivity index (χ0v) is 8.72. The maximum absolute atomic E-state index is 3.59. The molecule has 0 amide bonds. The summed E-state index contributed by atoms with van der Waals surface area (Å²) in [6.07, 6.45) is 9.21. The van der Waals surface area contributed by atoms with E-state index in [4.69, 9.17) is 0 Å². The summed E-state index contributed by atoms with van der Waals surface area (Å²) >= 11 is 0. The molecule has 0 radical (unpaired) electrons. The second kappa shape index (κ2) is 4.62. The van der Waals surface area contributed by atoms with Gasteiger partial charge in [-0.25, -0.2) is 0 Å². The van der Waals surface area contributed by atoms with Crippen molar-refractivity contribution in [2.75, 3.05) is 13.1 Å². The maximum Gasteiger partial charge on any atom is 0.0964 e. The Morgan fingerprint density at radius 1 is 1.50 bits per heavy atom. The van der Waals surface area contributed by atoms with Crippen molar-refractivity contribution in [1.82, 2.24) is 16.0 Å². The molecule has 78 valence electrons. The van der Waals surface area contributed by atoms with Gasteiger partial charge in [-0.1, -0.05) is 5.57 Å². The molecule has 3 N–H and O–H groups in total. The molecule has 0 aliphatic carbocycles. The van der Waals surface area contributed by atoms with Crippen LogP contribution in [0, 0.1) is 0 Å². The fraction of sp³-hybridized carbons (Fsp3) is 0.636. The van der Waals surface area contributed by atoms with Crippen LogP contribution in [0.25, 0.3) is 0 Å². The Morgan fingerprint density at radius 3 is 3.14 bits per heavy atom. The Labute approximate surface area is 85.6 Å². The average molecular weight is 193 g/mol. The van der Waals surface area contributed by atoms with E-state index in [0.717, 1.165) is 6.54 Å². The summed E-state index contributed by atoms with van der Waals surface area (Å²) in [5.74, 6) is 0. The second-order valence-corrected chi connectivity index (χ2v) is 4.10. The third-order valence-electron chi connectivity index (χ3n) is 2.76. The minimum absolute atomic E-state index is 0.310. The van der Waals surface area contributed by atoms with Crippen LogP contribution in [0.1, 0.15) is 19.8 Å². The van der Waals surface area contributed by atoms with Crippen LogP contribution in [0.3, 0.4) is 0 Å². The van der Waals surface area contributed by atoms with E-state index < -0.39 is 0 Å². The molecule has 2 rings (SSSR count). The molecule has 14 heavy (non-hydrogen) atoms. The molecule has 2 aliphatic rings. The van der Waals surface area contributed by atoms with Crippen LogP contribution in [-0.4, -0.2) is 25.3 Å². The SMILES string of the molecule is CC1=CC(N[C@@H]2CCCNC2)NC=C1. The molecule has 0 aromatic rings. The van der Waals surface area contributed by atoms with Crippen molar-refractivity contribution in [3.63, 3.8) is 0 Å². The Bertz CT molecular complexity index is 239. The minimum atomic E-state index is 0.310. The molecule has 2 atom stereocenters. The summed E-state index contributed by atoms with van der Waals surface area (Å²) in [5, 5.41) is 10.3. The summed E-state index contributed by atoms with van der Waals surface area (Å²) in [7, 11) is 0. The van der Waals surface area contributed by atoms with Crippen molar-refractivity contribution < 1.29 is 0 Å². The fourth-order valence-corrected chi connectivity index (χ4v) is 1.99. The minimum Gasteiger partial charge on any atom is -0.372 e. The molecule has 0 bridgehead atoms. The van der Waals surface area contributed by atoms with Crippen LogP contribution in [0.15, 0.2) is 23.9 Å². The number of nitrogens with one attached hydrogen (secondary N) is 3. The number of piperidine rings is 1. The Kier molecular flexibility index (Phi) is 3.22. The topological polar surface area (TPSA) is 36.1 Å². The first-order valence-electron chi connectivity index (χ1n) is 5.42. The summed E-state index contributed by atoms with van der Waals surface area (Å²) in [4.78, 5) is 0. The first kappa shape index (κ1) is 9.74. The molecule has 0 aromatic carbocycles. The number of dihydropyridines is 1. The van der Waals surface area contributed by atoms with Gasteiger partial charge in [0.2, 0.25) is 0 Å². The number of hydrogen-bond donors (Lipinski definition) is 3. The van der Waals surface area contributed by atoms with E-state index in [1.807, 2.05) is 6.20 Å². The highest BCUT2D eigenvalue weighted by Gasteiger charge is 2.16. The van der Waals surface area contributed by atoms with Crippen LogP contribution in [0.2, 0.25) is 0 Å². The molecule has 2 heterocycles. The predicted octanol–water partition coefficient (Wildman–Crippen LogP) is 0.717. The maximum atomic E-state index is 3.59. The van der Waals surface area contributed by atoms with Crippen LogP contribution in [0.4, 0.5) is 0 Å². The van der Waals surface area contributed by atoms with Crippen molar-refractivity contribution in [2.24, 2.45) is 0 Å². The highest BCUT2D eigenvalue weighted by molar-refractivity contribution is 5.22. The molecular formula is C11H19N3. The molecular weight excluding hydrogens is 174 g/mol. The van der Waals surface area contributed by atoms with Gasteiger partial charge in [0, 0.05) is 12.6 Å². The Balaban J connectivity index is 1.82. The van der Waals surface area contributed by atoms with Gasteiger partial charge in [0.15, 0.2) is 0 Å². The third kappa shape index (κ3) is 2.59. The first-order chi connectivity index (χ1) is 6.84. The predicted molar refractivity (Wildman–Crippen MR) is 58.8 cm³/mol. The lowest BCUT2D eigenvalue weighted by molar-refractivity contribution is 0.358. The van der Waals surface area contributed by atoms with Gasteiger partial charge in [0.25, 0.3) is 0 Å². The van der Waals surface area contributed by atoms with E-state index in [1.54, 1.807) is 0 Å². The van der Waals surface area contributed by atoms with Crippen molar-refractivity contribution >= 4 is 0 Å². The molecule has 0 aromatic heterocycles. The molecule has 0 saturated carbocycles. The lowest BCUT2D eigenvalue weighted by Gasteiger charge is -2.29. The van der Waals surface area contributed by atoms with E-state index in [1.165, 1.54) is 25.0 Å². The molecule has 1 saturated heterocycles. The van der Waals surface area contributed by atoms with Gasteiger partial charge in [-0.3, -0.25) is 5.32 Å². The van der Waals surface area contributed by atoms with Crippen molar-refractivity contribution in [2.45, 2.75) is 32.0 Å². The fourth-order valence-electron chi connectivity index (χ4n) is 1.99. The normalized spacial score (nSPS) is 32.2. The molecule has 3 heteroatoms. The Hall–Kier alpha value is -0.800. The van der Waals surface area contributed by atoms with Crippen LogP contribution >= 0.6 is 0 Å². The molecule has 1 fully saturated rings. The van der Waals surface area contributed by atoms with Crippen LogP contribution < -0.4 is 16.0 Å². The van der Waals surface area contributed by atoms with Gasteiger partial charge >= 0.3 is 0 Å². The molecule has 3 nitrogen and oxygen atoms in total. The summed E-state index contributed by atoms with van der Waals surface area (Å²) < 4.78 is 0. The molecule has 0 spiro atoms. The van der Waals surface area contributed by atoms with E-state index in [2.05, 4.69) is 35.0 Å². The van der Waals surface area contributed by atoms with Gasteiger partial charge in [-0.15, -0.1) is 0 Å². The lowest BCUT2D eigenvalue weighted by atomic mass is 10.1. The average Bonchev–Trinajstić information content (AvgIpc) is 2.19. The quantitative estimate of drug-likeness (QED) is 0.605. The van der Waals surface area contributed by atoms with Gasteiger partial charge < -0.3 is 10.6 Å². The summed E-state index contributed by atoms with van der Waals surface area (Å²) in [6, 6.07) is 0.608. The highest BCUT2D eigenvalue weighted by Crippen LogP contribution is 2.06. The van der Waals surface area contributed by atoms with Crippen molar-refractivity contribution in [3.8, 4) is 0 Å². The van der Waals surface area contributed by atoms with E-state index in [-0.39, 0.29) is 0 Å². The van der Waals surface area contributed by atoms with Crippen molar-refractivity contribution in [3.05, 3.63) is 23.9 Å². The number of hydrogen-bond acceptors (Lipinski definition) is 3.